The largest absolute Gasteiger partial charge is 0.497 e. The first-order valence-electron chi connectivity index (χ1n) is 6.95. The first kappa shape index (κ1) is 14.6. The molecule has 1 amide bonds. The van der Waals surface area contributed by atoms with Gasteiger partial charge in [0.15, 0.2) is 0 Å². The van der Waals surface area contributed by atoms with Gasteiger partial charge in [-0.25, -0.2) is 0 Å². The number of nitrogens with one attached hydrogen (secondary N) is 1. The van der Waals surface area contributed by atoms with Crippen molar-refractivity contribution in [2.75, 3.05) is 13.7 Å². The fraction of sp³-hybridized carbons (Fsp3) is 0.438. The van der Waals surface area contributed by atoms with Gasteiger partial charge in [0.1, 0.15) is 5.75 Å². The number of benzene rings is 1. The molecule has 0 radical (unpaired) electrons. The molecule has 0 saturated carbocycles. The van der Waals surface area contributed by atoms with Crippen LogP contribution in [0.15, 0.2) is 36.4 Å². The van der Waals surface area contributed by atoms with Crippen LogP contribution in [-0.2, 0) is 4.79 Å². The van der Waals surface area contributed by atoms with E-state index in [0.717, 1.165) is 24.8 Å². The minimum atomic E-state index is -0.715. The van der Waals surface area contributed by atoms with Gasteiger partial charge in [-0.1, -0.05) is 24.3 Å². The minimum Gasteiger partial charge on any atom is -0.497 e. The second kappa shape index (κ2) is 7.10. The number of methoxy groups -OCH3 is 1. The molecule has 0 aromatic heterocycles. The molecule has 4 heteroatoms. The minimum absolute atomic E-state index is 0.0243. The van der Waals surface area contributed by atoms with Crippen molar-refractivity contribution in [3.05, 3.63) is 42.0 Å². The SMILES string of the molecule is COc1cccc([C@@H](O)CNC(=O)[C@H]2CC=CCC2)c1. The molecule has 1 aliphatic carbocycles. The highest BCUT2D eigenvalue weighted by Gasteiger charge is 2.19. The van der Waals surface area contributed by atoms with Crippen molar-refractivity contribution in [3.8, 4) is 5.75 Å². The summed E-state index contributed by atoms with van der Waals surface area (Å²) in [6.07, 6.45) is 6.07. The van der Waals surface area contributed by atoms with Gasteiger partial charge in [-0.2, -0.15) is 0 Å². The Hall–Kier alpha value is -1.81. The zero-order chi connectivity index (χ0) is 14.4. The van der Waals surface area contributed by atoms with Crippen LogP contribution in [0.3, 0.4) is 0 Å². The summed E-state index contributed by atoms with van der Waals surface area (Å²) in [4.78, 5) is 12.0. The van der Waals surface area contributed by atoms with Crippen LogP contribution in [0.4, 0.5) is 0 Å². The van der Waals surface area contributed by atoms with E-state index in [-0.39, 0.29) is 18.4 Å². The molecule has 1 aromatic rings. The van der Waals surface area contributed by atoms with E-state index in [2.05, 4.69) is 11.4 Å². The maximum Gasteiger partial charge on any atom is 0.223 e. The second-order valence-electron chi connectivity index (χ2n) is 5.02. The molecule has 2 rings (SSSR count). The molecular weight excluding hydrogens is 254 g/mol. The van der Waals surface area contributed by atoms with Crippen LogP contribution in [0.2, 0.25) is 0 Å². The third kappa shape index (κ3) is 3.84. The predicted octanol–water partition coefficient (Wildman–Crippen LogP) is 2.20. The zero-order valence-electron chi connectivity index (χ0n) is 11.7. The van der Waals surface area contributed by atoms with Crippen molar-refractivity contribution in [2.45, 2.75) is 25.4 Å². The number of hydrogen-bond donors (Lipinski definition) is 2. The summed E-state index contributed by atoms with van der Waals surface area (Å²) >= 11 is 0. The Morgan fingerprint density at radius 3 is 3.05 bits per heavy atom. The molecule has 4 nitrogen and oxygen atoms in total. The number of carbonyl (C=O) groups excluding carboxylic acids is 1. The fourth-order valence-corrected chi connectivity index (χ4v) is 2.34. The lowest BCUT2D eigenvalue weighted by atomic mass is 9.93. The normalized spacial score (nSPS) is 19.4. The summed E-state index contributed by atoms with van der Waals surface area (Å²) in [6.45, 7) is 0.228. The molecule has 2 atom stereocenters. The highest BCUT2D eigenvalue weighted by molar-refractivity contribution is 5.79. The summed E-state index contributed by atoms with van der Waals surface area (Å²) in [7, 11) is 1.59. The van der Waals surface area contributed by atoms with Crippen molar-refractivity contribution in [2.24, 2.45) is 5.92 Å². The van der Waals surface area contributed by atoms with Crippen LogP contribution in [0, 0.1) is 5.92 Å². The van der Waals surface area contributed by atoms with E-state index < -0.39 is 6.10 Å². The van der Waals surface area contributed by atoms with Crippen LogP contribution < -0.4 is 10.1 Å². The van der Waals surface area contributed by atoms with Gasteiger partial charge in [0.25, 0.3) is 0 Å². The number of allylic oxidation sites excluding steroid dienone is 2. The molecule has 1 aromatic carbocycles. The van der Waals surface area contributed by atoms with Crippen molar-refractivity contribution in [3.63, 3.8) is 0 Å². The van der Waals surface area contributed by atoms with E-state index in [1.54, 1.807) is 13.2 Å². The van der Waals surface area contributed by atoms with E-state index in [0.29, 0.717) is 5.75 Å². The van der Waals surface area contributed by atoms with Crippen molar-refractivity contribution in [1.29, 1.82) is 0 Å². The molecule has 0 fully saturated rings. The second-order valence-corrected chi connectivity index (χ2v) is 5.02. The Labute approximate surface area is 119 Å². The van der Waals surface area contributed by atoms with E-state index in [1.807, 2.05) is 24.3 Å². The Kier molecular flexibility index (Phi) is 5.18. The van der Waals surface area contributed by atoms with Crippen LogP contribution in [0.5, 0.6) is 5.75 Å². The average Bonchev–Trinajstić information content (AvgIpc) is 2.53. The number of aliphatic hydroxyl groups excluding tert-OH is 1. The van der Waals surface area contributed by atoms with Crippen molar-refractivity contribution < 1.29 is 14.6 Å². The molecule has 0 aliphatic heterocycles. The first-order valence-corrected chi connectivity index (χ1v) is 6.95. The molecule has 0 heterocycles. The van der Waals surface area contributed by atoms with Gasteiger partial charge in [0, 0.05) is 12.5 Å². The van der Waals surface area contributed by atoms with Crippen LogP contribution >= 0.6 is 0 Å². The number of ether oxygens (including phenoxy) is 1. The number of amides is 1. The third-order valence-electron chi connectivity index (χ3n) is 3.59. The first-order chi connectivity index (χ1) is 9.70. The quantitative estimate of drug-likeness (QED) is 0.810. The van der Waals surface area contributed by atoms with Crippen LogP contribution in [0.25, 0.3) is 0 Å². The lowest BCUT2D eigenvalue weighted by Gasteiger charge is -2.19. The molecular formula is C16H21NO3. The predicted molar refractivity (Wildman–Crippen MR) is 77.4 cm³/mol. The number of hydrogen-bond acceptors (Lipinski definition) is 3. The van der Waals surface area contributed by atoms with Gasteiger partial charge in [-0.05, 0) is 37.0 Å². The topological polar surface area (TPSA) is 58.6 Å². The average molecular weight is 275 g/mol. The van der Waals surface area contributed by atoms with Crippen molar-refractivity contribution >= 4 is 5.91 Å². The molecule has 1 aliphatic rings. The lowest BCUT2D eigenvalue weighted by Crippen LogP contribution is -2.34. The Morgan fingerprint density at radius 1 is 1.50 bits per heavy atom. The molecule has 20 heavy (non-hydrogen) atoms. The number of rotatable bonds is 5. The monoisotopic (exact) mass is 275 g/mol. The fourth-order valence-electron chi connectivity index (χ4n) is 2.34. The maximum atomic E-state index is 12.0. The van der Waals surface area contributed by atoms with E-state index >= 15 is 0 Å². The highest BCUT2D eigenvalue weighted by atomic mass is 16.5. The van der Waals surface area contributed by atoms with Crippen LogP contribution in [0.1, 0.15) is 30.9 Å². The molecule has 108 valence electrons. The summed E-state index contributed by atoms with van der Waals surface area (Å²) in [6, 6.07) is 7.25. The summed E-state index contributed by atoms with van der Waals surface area (Å²) in [5.41, 5.74) is 0.744. The molecule has 2 N–H and O–H groups in total. The van der Waals surface area contributed by atoms with E-state index in [4.69, 9.17) is 4.74 Å². The third-order valence-corrected chi connectivity index (χ3v) is 3.59. The lowest BCUT2D eigenvalue weighted by molar-refractivity contribution is -0.125. The molecule has 0 spiro atoms. The van der Waals surface area contributed by atoms with Gasteiger partial charge < -0.3 is 15.2 Å². The highest BCUT2D eigenvalue weighted by Crippen LogP contribution is 2.20. The van der Waals surface area contributed by atoms with E-state index in [1.165, 1.54) is 0 Å². The Balaban J connectivity index is 1.86. The van der Waals surface area contributed by atoms with Gasteiger partial charge in [0.05, 0.1) is 13.2 Å². The van der Waals surface area contributed by atoms with E-state index in [9.17, 15) is 9.90 Å². The number of carbonyl (C=O) groups is 1. The molecule has 0 bridgehead atoms. The molecule has 0 unspecified atom stereocenters. The van der Waals surface area contributed by atoms with Gasteiger partial charge >= 0.3 is 0 Å². The van der Waals surface area contributed by atoms with Crippen LogP contribution in [-0.4, -0.2) is 24.7 Å². The molecule has 0 saturated heterocycles. The zero-order valence-corrected chi connectivity index (χ0v) is 11.7. The maximum absolute atomic E-state index is 12.0. The summed E-state index contributed by atoms with van der Waals surface area (Å²) in [5.74, 6) is 0.763. The Morgan fingerprint density at radius 2 is 2.35 bits per heavy atom. The smallest absolute Gasteiger partial charge is 0.223 e. The van der Waals surface area contributed by atoms with Gasteiger partial charge in [-0.3, -0.25) is 4.79 Å². The Bertz CT molecular complexity index is 484. The number of aliphatic hydroxyl groups is 1. The standard InChI is InChI=1S/C16H21NO3/c1-20-14-9-5-8-13(10-14)15(18)11-17-16(19)12-6-3-2-4-7-12/h2-3,5,8-10,12,15,18H,4,6-7,11H2,1H3,(H,17,19)/t12-,15-/m0/s1. The van der Waals surface area contributed by atoms with Crippen molar-refractivity contribution in [1.82, 2.24) is 5.32 Å². The van der Waals surface area contributed by atoms with Gasteiger partial charge in [-0.15, -0.1) is 0 Å². The van der Waals surface area contributed by atoms with Gasteiger partial charge in [0.2, 0.25) is 5.91 Å². The summed E-state index contributed by atoms with van der Waals surface area (Å²) < 4.78 is 5.12. The summed E-state index contributed by atoms with van der Waals surface area (Å²) in [5, 5.41) is 12.9.